The van der Waals surface area contributed by atoms with Crippen molar-refractivity contribution in [2.24, 2.45) is 0 Å². The van der Waals surface area contributed by atoms with Gasteiger partial charge in [-0.3, -0.25) is 9.78 Å². The summed E-state index contributed by atoms with van der Waals surface area (Å²) in [5, 5.41) is 3.78. The molecule has 0 aliphatic heterocycles. The lowest BCUT2D eigenvalue weighted by Crippen LogP contribution is -2.05. The van der Waals surface area contributed by atoms with E-state index < -0.39 is 0 Å². The highest BCUT2D eigenvalue weighted by atomic mass is 16.1. The van der Waals surface area contributed by atoms with Crippen LogP contribution in [0.3, 0.4) is 0 Å². The van der Waals surface area contributed by atoms with Gasteiger partial charge in [0.2, 0.25) is 5.91 Å². The van der Waals surface area contributed by atoms with Crippen LogP contribution in [-0.4, -0.2) is 10.9 Å². The third kappa shape index (κ3) is 2.13. The Morgan fingerprint density at radius 2 is 2.07 bits per heavy atom. The Hall–Kier alpha value is -1.90. The summed E-state index contributed by atoms with van der Waals surface area (Å²) in [6, 6.07) is 9.65. The van der Waals surface area contributed by atoms with Gasteiger partial charge < -0.3 is 5.32 Å². The van der Waals surface area contributed by atoms with Gasteiger partial charge in [-0.1, -0.05) is 6.07 Å². The first-order valence-corrected chi connectivity index (χ1v) is 4.80. The summed E-state index contributed by atoms with van der Waals surface area (Å²) in [7, 11) is 0. The van der Waals surface area contributed by atoms with Gasteiger partial charge in [-0.05, 0) is 31.2 Å². The van der Waals surface area contributed by atoms with E-state index in [4.69, 9.17) is 0 Å². The molecule has 0 unspecified atom stereocenters. The van der Waals surface area contributed by atoms with E-state index in [1.165, 1.54) is 6.92 Å². The fourth-order valence-corrected chi connectivity index (χ4v) is 1.51. The minimum absolute atomic E-state index is 0.0607. The van der Waals surface area contributed by atoms with Crippen LogP contribution >= 0.6 is 0 Å². The number of aryl methyl sites for hydroxylation is 1. The fraction of sp³-hybridized carbons (Fsp3) is 0.167. The molecule has 15 heavy (non-hydrogen) atoms. The van der Waals surface area contributed by atoms with E-state index in [-0.39, 0.29) is 5.91 Å². The molecule has 0 saturated carbocycles. The Bertz CT molecular complexity index is 520. The second-order valence-corrected chi connectivity index (χ2v) is 3.54. The van der Waals surface area contributed by atoms with Gasteiger partial charge in [0.05, 0.1) is 5.52 Å². The summed E-state index contributed by atoms with van der Waals surface area (Å²) in [4.78, 5) is 15.3. The molecule has 1 aromatic heterocycles. The highest BCUT2D eigenvalue weighted by Crippen LogP contribution is 2.17. The molecule has 1 N–H and O–H groups in total. The van der Waals surface area contributed by atoms with E-state index in [9.17, 15) is 4.79 Å². The lowest BCUT2D eigenvalue weighted by atomic mass is 10.2. The molecule has 0 aliphatic rings. The van der Waals surface area contributed by atoms with Crippen LogP contribution in [0.15, 0.2) is 30.3 Å². The fourth-order valence-electron chi connectivity index (χ4n) is 1.51. The normalized spacial score (nSPS) is 10.3. The third-order valence-corrected chi connectivity index (χ3v) is 2.15. The molecule has 1 heterocycles. The maximum Gasteiger partial charge on any atom is 0.221 e. The smallest absolute Gasteiger partial charge is 0.221 e. The number of amides is 1. The molecular formula is C12H12N2O. The number of pyridine rings is 1. The second kappa shape index (κ2) is 3.69. The van der Waals surface area contributed by atoms with Crippen molar-refractivity contribution in [2.45, 2.75) is 13.8 Å². The Morgan fingerprint density at radius 3 is 2.80 bits per heavy atom. The molecule has 0 aliphatic carbocycles. The summed E-state index contributed by atoms with van der Waals surface area (Å²) < 4.78 is 0. The summed E-state index contributed by atoms with van der Waals surface area (Å²) >= 11 is 0. The number of hydrogen-bond acceptors (Lipinski definition) is 2. The van der Waals surface area contributed by atoms with Gasteiger partial charge >= 0.3 is 0 Å². The minimum Gasteiger partial charge on any atom is -0.326 e. The predicted molar refractivity (Wildman–Crippen MR) is 60.8 cm³/mol. The van der Waals surface area contributed by atoms with Gasteiger partial charge in [0, 0.05) is 23.7 Å². The molecule has 0 radical (unpaired) electrons. The summed E-state index contributed by atoms with van der Waals surface area (Å²) in [6.07, 6.45) is 0. The number of rotatable bonds is 1. The largest absolute Gasteiger partial charge is 0.326 e. The van der Waals surface area contributed by atoms with Crippen molar-refractivity contribution in [3.8, 4) is 0 Å². The van der Waals surface area contributed by atoms with Crippen molar-refractivity contribution in [3.05, 3.63) is 36.0 Å². The standard InChI is InChI=1S/C12H12N2O/c1-8-3-4-10-7-11(14-9(2)15)5-6-12(10)13-8/h3-7H,1-2H3,(H,14,15). The molecule has 1 amide bonds. The van der Waals surface area contributed by atoms with Gasteiger partial charge in [-0.15, -0.1) is 0 Å². The Morgan fingerprint density at radius 1 is 1.27 bits per heavy atom. The zero-order chi connectivity index (χ0) is 10.8. The summed E-state index contributed by atoms with van der Waals surface area (Å²) in [5.41, 5.74) is 2.75. The number of fused-ring (bicyclic) bond motifs is 1. The highest BCUT2D eigenvalue weighted by molar-refractivity contribution is 5.92. The van der Waals surface area contributed by atoms with Crippen molar-refractivity contribution < 1.29 is 4.79 Å². The first-order chi connectivity index (χ1) is 7.15. The SMILES string of the molecule is CC(=O)Nc1ccc2nc(C)ccc2c1. The summed E-state index contributed by atoms with van der Waals surface area (Å²) in [5.74, 6) is -0.0607. The molecule has 2 rings (SSSR count). The predicted octanol–water partition coefficient (Wildman–Crippen LogP) is 2.50. The zero-order valence-electron chi connectivity index (χ0n) is 8.74. The van der Waals surface area contributed by atoms with Crippen LogP contribution < -0.4 is 5.32 Å². The Labute approximate surface area is 88.1 Å². The van der Waals surface area contributed by atoms with Crippen LogP contribution in [0, 0.1) is 6.92 Å². The van der Waals surface area contributed by atoms with Crippen LogP contribution in [0.2, 0.25) is 0 Å². The van der Waals surface area contributed by atoms with Crippen LogP contribution in [0.1, 0.15) is 12.6 Å². The molecule has 3 nitrogen and oxygen atoms in total. The van der Waals surface area contributed by atoms with E-state index in [0.717, 1.165) is 22.3 Å². The topological polar surface area (TPSA) is 42.0 Å². The number of aromatic nitrogens is 1. The number of benzene rings is 1. The molecule has 3 heteroatoms. The van der Waals surface area contributed by atoms with Gasteiger partial charge in [0.1, 0.15) is 0 Å². The molecule has 0 saturated heterocycles. The average Bonchev–Trinajstić information content (AvgIpc) is 2.17. The van der Waals surface area contributed by atoms with Gasteiger partial charge in [0.15, 0.2) is 0 Å². The first-order valence-electron chi connectivity index (χ1n) is 4.80. The lowest BCUT2D eigenvalue weighted by molar-refractivity contribution is -0.114. The summed E-state index contributed by atoms with van der Waals surface area (Å²) in [6.45, 7) is 3.46. The van der Waals surface area contributed by atoms with Crippen LogP contribution in [0.25, 0.3) is 10.9 Å². The average molecular weight is 200 g/mol. The molecule has 0 bridgehead atoms. The van der Waals surface area contributed by atoms with E-state index in [1.807, 2.05) is 37.3 Å². The van der Waals surface area contributed by atoms with E-state index in [2.05, 4.69) is 10.3 Å². The molecule has 0 spiro atoms. The molecule has 1 aromatic carbocycles. The Balaban J connectivity index is 2.47. The van der Waals surface area contributed by atoms with Gasteiger partial charge in [-0.25, -0.2) is 0 Å². The van der Waals surface area contributed by atoms with E-state index in [1.54, 1.807) is 0 Å². The quantitative estimate of drug-likeness (QED) is 0.768. The van der Waals surface area contributed by atoms with Gasteiger partial charge in [0.25, 0.3) is 0 Å². The molecule has 76 valence electrons. The van der Waals surface area contributed by atoms with Gasteiger partial charge in [-0.2, -0.15) is 0 Å². The number of carbonyl (C=O) groups is 1. The third-order valence-electron chi connectivity index (χ3n) is 2.15. The van der Waals surface area contributed by atoms with Crippen LogP contribution in [0.5, 0.6) is 0 Å². The monoisotopic (exact) mass is 200 g/mol. The maximum atomic E-state index is 10.9. The van der Waals surface area contributed by atoms with Crippen LogP contribution in [0.4, 0.5) is 5.69 Å². The number of nitrogens with zero attached hydrogens (tertiary/aromatic N) is 1. The molecule has 2 aromatic rings. The molecule has 0 fully saturated rings. The number of nitrogens with one attached hydrogen (secondary N) is 1. The van der Waals surface area contributed by atoms with Crippen molar-refractivity contribution in [2.75, 3.05) is 5.32 Å². The lowest BCUT2D eigenvalue weighted by Gasteiger charge is -2.04. The Kier molecular flexibility index (Phi) is 2.37. The molecule has 0 atom stereocenters. The molecular weight excluding hydrogens is 188 g/mol. The highest BCUT2D eigenvalue weighted by Gasteiger charge is 1.99. The van der Waals surface area contributed by atoms with Crippen LogP contribution in [-0.2, 0) is 4.79 Å². The second-order valence-electron chi connectivity index (χ2n) is 3.54. The number of anilines is 1. The van der Waals surface area contributed by atoms with E-state index >= 15 is 0 Å². The zero-order valence-corrected chi connectivity index (χ0v) is 8.74. The van der Waals surface area contributed by atoms with Crippen molar-refractivity contribution in [3.63, 3.8) is 0 Å². The number of carbonyl (C=O) groups excluding carboxylic acids is 1. The van der Waals surface area contributed by atoms with Crippen molar-refractivity contribution >= 4 is 22.5 Å². The van der Waals surface area contributed by atoms with Crippen molar-refractivity contribution in [1.29, 1.82) is 0 Å². The minimum atomic E-state index is -0.0607. The number of hydrogen-bond donors (Lipinski definition) is 1. The van der Waals surface area contributed by atoms with Crippen molar-refractivity contribution in [1.82, 2.24) is 4.98 Å². The first kappa shape index (κ1) is 9.65. The maximum absolute atomic E-state index is 10.9. The van der Waals surface area contributed by atoms with E-state index in [0.29, 0.717) is 0 Å².